The number of hydrogen-bond acceptors (Lipinski definition) is 5. The molecule has 9 heteroatoms. The van der Waals surface area contributed by atoms with Gasteiger partial charge in [0.1, 0.15) is 5.60 Å². The number of benzene rings is 1. The predicted molar refractivity (Wildman–Crippen MR) is 105 cm³/mol. The van der Waals surface area contributed by atoms with Crippen molar-refractivity contribution in [2.75, 3.05) is 19.7 Å². The number of halogens is 3. The Labute approximate surface area is 174 Å². The van der Waals surface area contributed by atoms with E-state index in [2.05, 4.69) is 5.32 Å². The van der Waals surface area contributed by atoms with Gasteiger partial charge < -0.3 is 19.7 Å². The lowest BCUT2D eigenvalue weighted by Crippen LogP contribution is -2.54. The smallest absolute Gasteiger partial charge is 0.416 e. The summed E-state index contributed by atoms with van der Waals surface area (Å²) >= 11 is 0. The van der Waals surface area contributed by atoms with Crippen LogP contribution in [0.1, 0.15) is 45.2 Å². The predicted octanol–water partition coefficient (Wildman–Crippen LogP) is 3.98. The van der Waals surface area contributed by atoms with Gasteiger partial charge >= 0.3 is 18.2 Å². The summed E-state index contributed by atoms with van der Waals surface area (Å²) in [6.07, 6.45) is -4.38. The summed E-state index contributed by atoms with van der Waals surface area (Å²) in [7, 11) is 0. The average molecular weight is 430 g/mol. The molecule has 1 aromatic rings. The Morgan fingerprint density at radius 1 is 1.17 bits per heavy atom. The maximum atomic E-state index is 12.7. The van der Waals surface area contributed by atoms with E-state index < -0.39 is 35.3 Å². The second kappa shape index (κ2) is 9.68. The van der Waals surface area contributed by atoms with Crippen LogP contribution in [-0.4, -0.2) is 48.3 Å². The second-order valence-electron chi connectivity index (χ2n) is 8.26. The maximum Gasteiger partial charge on any atom is 0.416 e. The van der Waals surface area contributed by atoms with Crippen molar-refractivity contribution in [3.63, 3.8) is 0 Å². The van der Waals surface area contributed by atoms with Crippen LogP contribution in [0.3, 0.4) is 0 Å². The summed E-state index contributed by atoms with van der Waals surface area (Å²) in [6, 6.07) is 4.61. The molecule has 6 nitrogen and oxygen atoms in total. The maximum absolute atomic E-state index is 12.7. The number of piperidine rings is 1. The van der Waals surface area contributed by atoms with E-state index in [0.717, 1.165) is 12.1 Å². The fourth-order valence-corrected chi connectivity index (χ4v) is 3.24. The topological polar surface area (TPSA) is 67.9 Å². The first-order chi connectivity index (χ1) is 13.9. The summed E-state index contributed by atoms with van der Waals surface area (Å²) in [4.78, 5) is 26.3. The van der Waals surface area contributed by atoms with Crippen LogP contribution in [0.25, 0.3) is 0 Å². The summed E-state index contributed by atoms with van der Waals surface area (Å²) in [6.45, 7) is 8.08. The third-order valence-corrected chi connectivity index (χ3v) is 4.70. The van der Waals surface area contributed by atoms with E-state index in [1.807, 2.05) is 0 Å². The molecule has 30 heavy (non-hydrogen) atoms. The summed E-state index contributed by atoms with van der Waals surface area (Å²) in [5, 5.41) is 3.23. The van der Waals surface area contributed by atoms with E-state index in [1.54, 1.807) is 27.7 Å². The quantitative estimate of drug-likeness (QED) is 0.716. The van der Waals surface area contributed by atoms with Crippen LogP contribution >= 0.6 is 0 Å². The molecule has 0 aliphatic carbocycles. The lowest BCUT2D eigenvalue weighted by Gasteiger charge is -2.38. The Balaban J connectivity index is 2.03. The minimum Gasteiger partial charge on any atom is -0.466 e. The number of esters is 1. The van der Waals surface area contributed by atoms with E-state index in [9.17, 15) is 22.8 Å². The highest BCUT2D eigenvalue weighted by molar-refractivity contribution is 5.75. The van der Waals surface area contributed by atoms with Gasteiger partial charge in [-0.15, -0.1) is 0 Å². The Bertz CT molecular complexity index is 729. The SMILES string of the molecule is CCOC(=O)C1CN(C(=O)OC(C)(C)C)CCC1NCc1ccc(C(F)(F)F)cc1. The Hall–Kier alpha value is -2.29. The van der Waals surface area contributed by atoms with Crippen molar-refractivity contribution in [3.05, 3.63) is 35.4 Å². The molecule has 2 unspecified atom stereocenters. The fraction of sp³-hybridized carbons (Fsp3) is 0.619. The van der Waals surface area contributed by atoms with Gasteiger partial charge in [0.15, 0.2) is 0 Å². The number of rotatable bonds is 5. The number of ether oxygens (including phenoxy) is 2. The van der Waals surface area contributed by atoms with Gasteiger partial charge in [-0.05, 0) is 51.8 Å². The van der Waals surface area contributed by atoms with E-state index in [4.69, 9.17) is 9.47 Å². The minimum atomic E-state index is -4.38. The van der Waals surface area contributed by atoms with Crippen molar-refractivity contribution in [1.82, 2.24) is 10.2 Å². The molecule has 0 bridgehead atoms. The fourth-order valence-electron chi connectivity index (χ4n) is 3.24. The zero-order valence-corrected chi connectivity index (χ0v) is 17.7. The van der Waals surface area contributed by atoms with Crippen LogP contribution < -0.4 is 5.32 Å². The lowest BCUT2D eigenvalue weighted by atomic mass is 9.92. The number of nitrogens with zero attached hydrogens (tertiary/aromatic N) is 1. The molecule has 0 radical (unpaired) electrons. The van der Waals surface area contributed by atoms with Gasteiger partial charge in [0, 0.05) is 25.7 Å². The molecule has 1 saturated heterocycles. The molecular weight excluding hydrogens is 401 g/mol. The highest BCUT2D eigenvalue weighted by Crippen LogP contribution is 2.29. The van der Waals surface area contributed by atoms with Gasteiger partial charge in [-0.25, -0.2) is 4.79 Å². The number of nitrogens with one attached hydrogen (secondary N) is 1. The Morgan fingerprint density at radius 3 is 2.33 bits per heavy atom. The molecular formula is C21H29F3N2O4. The van der Waals surface area contributed by atoms with Crippen LogP contribution in [0.5, 0.6) is 0 Å². The van der Waals surface area contributed by atoms with Crippen molar-refractivity contribution in [1.29, 1.82) is 0 Å². The van der Waals surface area contributed by atoms with Gasteiger partial charge in [0.2, 0.25) is 0 Å². The van der Waals surface area contributed by atoms with Gasteiger partial charge in [-0.3, -0.25) is 4.79 Å². The first kappa shape index (κ1) is 24.0. The number of likely N-dealkylation sites (tertiary alicyclic amines) is 1. The highest BCUT2D eigenvalue weighted by atomic mass is 19.4. The van der Waals surface area contributed by atoms with Gasteiger partial charge in [0.25, 0.3) is 0 Å². The van der Waals surface area contributed by atoms with Crippen molar-refractivity contribution in [3.8, 4) is 0 Å². The molecule has 2 rings (SSSR count). The zero-order chi connectivity index (χ0) is 22.5. The molecule has 1 N–H and O–H groups in total. The molecule has 2 atom stereocenters. The van der Waals surface area contributed by atoms with E-state index in [0.29, 0.717) is 25.1 Å². The summed E-state index contributed by atoms with van der Waals surface area (Å²) < 4.78 is 48.7. The van der Waals surface area contributed by atoms with Crippen molar-refractivity contribution in [2.45, 2.75) is 58.5 Å². The number of hydrogen-bond donors (Lipinski definition) is 1. The standard InChI is InChI=1S/C21H29F3N2O4/c1-5-29-18(27)16-13-26(19(28)30-20(2,3)4)11-10-17(16)25-12-14-6-8-15(9-7-14)21(22,23)24/h6-9,16-17,25H,5,10-13H2,1-4H3. The largest absolute Gasteiger partial charge is 0.466 e. The first-order valence-electron chi connectivity index (χ1n) is 9.95. The normalized spacial score (nSPS) is 20.0. The van der Waals surface area contributed by atoms with Crippen LogP contribution in [0.2, 0.25) is 0 Å². The minimum absolute atomic E-state index is 0.151. The Morgan fingerprint density at radius 2 is 1.80 bits per heavy atom. The number of amides is 1. The van der Waals surface area contributed by atoms with E-state index in [1.165, 1.54) is 17.0 Å². The number of alkyl halides is 3. The second-order valence-corrected chi connectivity index (χ2v) is 8.26. The molecule has 1 fully saturated rings. The summed E-state index contributed by atoms with van der Waals surface area (Å²) in [5.41, 5.74) is -0.685. The van der Waals surface area contributed by atoms with Crippen LogP contribution in [-0.2, 0) is 27.0 Å². The molecule has 0 aromatic heterocycles. The zero-order valence-electron chi connectivity index (χ0n) is 17.7. The monoisotopic (exact) mass is 430 g/mol. The lowest BCUT2D eigenvalue weighted by molar-refractivity contribution is -0.151. The number of carbonyl (C=O) groups excluding carboxylic acids is 2. The third-order valence-electron chi connectivity index (χ3n) is 4.70. The average Bonchev–Trinajstić information content (AvgIpc) is 2.64. The highest BCUT2D eigenvalue weighted by Gasteiger charge is 2.38. The van der Waals surface area contributed by atoms with E-state index >= 15 is 0 Å². The molecule has 1 aliphatic rings. The van der Waals surface area contributed by atoms with Gasteiger partial charge in [-0.2, -0.15) is 13.2 Å². The van der Waals surface area contributed by atoms with Gasteiger partial charge in [0.05, 0.1) is 18.1 Å². The molecule has 1 heterocycles. The molecule has 168 valence electrons. The van der Waals surface area contributed by atoms with Crippen molar-refractivity contribution in [2.24, 2.45) is 5.92 Å². The first-order valence-corrected chi connectivity index (χ1v) is 9.95. The van der Waals surface area contributed by atoms with Crippen molar-refractivity contribution >= 4 is 12.1 Å². The summed E-state index contributed by atoms with van der Waals surface area (Å²) in [5.74, 6) is -1.02. The number of carbonyl (C=O) groups is 2. The van der Waals surface area contributed by atoms with E-state index in [-0.39, 0.29) is 19.2 Å². The van der Waals surface area contributed by atoms with Gasteiger partial charge in [-0.1, -0.05) is 12.1 Å². The Kier molecular flexibility index (Phi) is 7.74. The van der Waals surface area contributed by atoms with Crippen molar-refractivity contribution < 1.29 is 32.2 Å². The van der Waals surface area contributed by atoms with Crippen LogP contribution in [0, 0.1) is 5.92 Å². The molecule has 1 amide bonds. The molecule has 1 aromatic carbocycles. The molecule has 0 spiro atoms. The molecule has 0 saturated carbocycles. The van der Waals surface area contributed by atoms with Crippen LogP contribution in [0.4, 0.5) is 18.0 Å². The molecule has 1 aliphatic heterocycles. The third kappa shape index (κ3) is 6.90. The van der Waals surface area contributed by atoms with Crippen LogP contribution in [0.15, 0.2) is 24.3 Å².